The molecular weight excluding hydrogens is 342 g/mol. The number of nitrogens with zero attached hydrogens (tertiary/aromatic N) is 3. The van der Waals surface area contributed by atoms with Crippen molar-refractivity contribution in [1.82, 2.24) is 20.4 Å². The molecule has 0 aromatic carbocycles. The highest BCUT2D eigenvalue weighted by atomic mass is 16.5. The van der Waals surface area contributed by atoms with Crippen LogP contribution in [0.25, 0.3) is 0 Å². The fourth-order valence-corrected chi connectivity index (χ4v) is 3.01. The molecule has 0 radical (unpaired) electrons. The molecule has 156 valence electrons. The second kappa shape index (κ2) is 14.5. The molecule has 0 fully saturated rings. The lowest BCUT2D eigenvalue weighted by atomic mass is 10.2. The van der Waals surface area contributed by atoms with Crippen molar-refractivity contribution >= 4 is 5.96 Å². The monoisotopic (exact) mass is 381 g/mol. The molecule has 0 saturated heterocycles. The Morgan fingerprint density at radius 1 is 1.22 bits per heavy atom. The molecule has 0 aliphatic rings. The number of ether oxygens (including phenoxy) is 1. The highest BCUT2D eigenvalue weighted by molar-refractivity contribution is 5.79. The average Bonchev–Trinajstić information content (AvgIpc) is 3.19. The van der Waals surface area contributed by atoms with Crippen LogP contribution in [0.3, 0.4) is 0 Å². The van der Waals surface area contributed by atoms with Gasteiger partial charge in [-0.2, -0.15) is 0 Å². The van der Waals surface area contributed by atoms with Crippen molar-refractivity contribution in [2.24, 2.45) is 4.99 Å². The Morgan fingerprint density at radius 3 is 2.59 bits per heavy atom. The van der Waals surface area contributed by atoms with E-state index in [2.05, 4.69) is 48.3 Å². The van der Waals surface area contributed by atoms with Crippen LogP contribution < -0.4 is 10.6 Å². The summed E-state index contributed by atoms with van der Waals surface area (Å²) in [5.74, 6) is 1.82. The van der Waals surface area contributed by atoms with Crippen LogP contribution in [0.5, 0.6) is 0 Å². The minimum atomic E-state index is 0.155. The smallest absolute Gasteiger partial charge is 0.191 e. The average molecular weight is 382 g/mol. The van der Waals surface area contributed by atoms with Crippen molar-refractivity contribution in [3.05, 3.63) is 24.2 Å². The Labute approximate surface area is 165 Å². The van der Waals surface area contributed by atoms with Gasteiger partial charge < -0.3 is 24.7 Å². The molecule has 1 aromatic rings. The summed E-state index contributed by atoms with van der Waals surface area (Å²) in [5, 5.41) is 6.77. The summed E-state index contributed by atoms with van der Waals surface area (Å²) in [7, 11) is 3.88. The lowest BCUT2D eigenvalue weighted by Crippen LogP contribution is -2.41. The highest BCUT2D eigenvalue weighted by Crippen LogP contribution is 2.21. The molecule has 1 unspecified atom stereocenters. The third-order valence-corrected chi connectivity index (χ3v) is 4.57. The summed E-state index contributed by atoms with van der Waals surface area (Å²) in [6, 6.07) is 4.13. The van der Waals surface area contributed by atoms with Gasteiger partial charge in [0.1, 0.15) is 5.76 Å². The van der Waals surface area contributed by atoms with Crippen LogP contribution in [0.2, 0.25) is 0 Å². The summed E-state index contributed by atoms with van der Waals surface area (Å²) in [6.07, 6.45) is 2.79. The van der Waals surface area contributed by atoms with Crippen LogP contribution in [0.15, 0.2) is 27.8 Å². The molecule has 0 saturated carbocycles. The van der Waals surface area contributed by atoms with Crippen molar-refractivity contribution in [1.29, 1.82) is 0 Å². The zero-order chi connectivity index (χ0) is 19.9. The summed E-state index contributed by atoms with van der Waals surface area (Å²) in [5.41, 5.74) is 0. The van der Waals surface area contributed by atoms with Gasteiger partial charge >= 0.3 is 0 Å². The van der Waals surface area contributed by atoms with Crippen molar-refractivity contribution in [2.45, 2.75) is 33.2 Å². The molecule has 0 aliphatic heterocycles. The molecular formula is C20H39N5O2. The van der Waals surface area contributed by atoms with Gasteiger partial charge in [-0.1, -0.05) is 13.8 Å². The van der Waals surface area contributed by atoms with Gasteiger partial charge in [-0.05, 0) is 45.6 Å². The molecule has 1 aromatic heterocycles. The molecule has 1 heterocycles. The van der Waals surface area contributed by atoms with E-state index in [0.29, 0.717) is 6.54 Å². The summed E-state index contributed by atoms with van der Waals surface area (Å²) < 4.78 is 10.8. The first-order valence-corrected chi connectivity index (χ1v) is 10.1. The van der Waals surface area contributed by atoms with E-state index in [-0.39, 0.29) is 6.04 Å². The molecule has 7 heteroatoms. The molecule has 7 nitrogen and oxygen atoms in total. The maximum atomic E-state index is 5.66. The SMILES string of the molecule is CCNC(=NCC(c1ccco1)N(CC)CC)NCCN(C)CCCOC. The van der Waals surface area contributed by atoms with Gasteiger partial charge in [-0.25, -0.2) is 0 Å². The number of likely N-dealkylation sites (N-methyl/N-ethyl adjacent to an activating group) is 2. The fraction of sp³-hybridized carbons (Fsp3) is 0.750. The molecule has 27 heavy (non-hydrogen) atoms. The molecule has 0 amide bonds. The van der Waals surface area contributed by atoms with E-state index in [0.717, 1.165) is 64.0 Å². The number of hydrogen-bond donors (Lipinski definition) is 2. The van der Waals surface area contributed by atoms with Crippen LogP contribution in [-0.4, -0.2) is 82.3 Å². The zero-order valence-corrected chi connectivity index (χ0v) is 17.8. The standard InChI is InChI=1S/C20H39N5O2/c1-6-21-20(22-12-14-24(4)13-10-15-26-5)23-17-18(25(7-2)8-3)19-11-9-16-27-19/h9,11,16,18H,6-8,10,12-15,17H2,1-5H3,(H2,21,22,23). The first kappa shape index (κ1) is 23.5. The molecule has 2 N–H and O–H groups in total. The van der Waals surface area contributed by atoms with Crippen LogP contribution >= 0.6 is 0 Å². The second-order valence-electron chi connectivity index (χ2n) is 6.55. The molecule has 0 aliphatic carbocycles. The van der Waals surface area contributed by atoms with Gasteiger partial charge in [0.05, 0.1) is 18.8 Å². The maximum absolute atomic E-state index is 5.66. The first-order valence-electron chi connectivity index (χ1n) is 10.1. The van der Waals surface area contributed by atoms with Crippen molar-refractivity contribution < 1.29 is 9.15 Å². The lowest BCUT2D eigenvalue weighted by Gasteiger charge is -2.27. The fourth-order valence-electron chi connectivity index (χ4n) is 3.01. The van der Waals surface area contributed by atoms with Gasteiger partial charge in [-0.15, -0.1) is 0 Å². The van der Waals surface area contributed by atoms with Crippen molar-refractivity contribution in [2.75, 3.05) is 66.6 Å². The van der Waals surface area contributed by atoms with E-state index < -0.39 is 0 Å². The van der Waals surface area contributed by atoms with Crippen molar-refractivity contribution in [3.63, 3.8) is 0 Å². The van der Waals surface area contributed by atoms with Gasteiger partial charge in [0, 0.05) is 39.9 Å². The third kappa shape index (κ3) is 9.26. The van der Waals surface area contributed by atoms with Gasteiger partial charge in [0.2, 0.25) is 0 Å². The Hall–Kier alpha value is -1.57. The van der Waals surface area contributed by atoms with Crippen molar-refractivity contribution in [3.8, 4) is 0 Å². The number of hydrogen-bond acceptors (Lipinski definition) is 5. The first-order chi connectivity index (χ1) is 13.2. The number of methoxy groups -OCH3 is 1. The van der Waals surface area contributed by atoms with E-state index in [1.54, 1.807) is 13.4 Å². The number of nitrogens with one attached hydrogen (secondary N) is 2. The van der Waals surface area contributed by atoms with E-state index in [4.69, 9.17) is 14.1 Å². The zero-order valence-electron chi connectivity index (χ0n) is 17.8. The largest absolute Gasteiger partial charge is 0.468 e. The number of guanidine groups is 1. The highest BCUT2D eigenvalue weighted by Gasteiger charge is 2.20. The minimum Gasteiger partial charge on any atom is -0.468 e. The van der Waals surface area contributed by atoms with Gasteiger partial charge in [0.15, 0.2) is 5.96 Å². The van der Waals surface area contributed by atoms with E-state index >= 15 is 0 Å². The molecule has 1 rings (SSSR count). The number of furan rings is 1. The predicted molar refractivity (Wildman–Crippen MR) is 112 cm³/mol. The molecule has 1 atom stereocenters. The number of aliphatic imine (C=N–C) groups is 1. The Kier molecular flexibility index (Phi) is 12.6. The Morgan fingerprint density at radius 2 is 2.00 bits per heavy atom. The van der Waals surface area contributed by atoms with E-state index in [1.807, 2.05) is 12.1 Å². The summed E-state index contributed by atoms with van der Waals surface area (Å²) in [6.45, 7) is 13.5. The minimum absolute atomic E-state index is 0.155. The molecule has 0 spiro atoms. The van der Waals surface area contributed by atoms with Crippen LogP contribution in [0, 0.1) is 0 Å². The topological polar surface area (TPSA) is 65.3 Å². The van der Waals surface area contributed by atoms with Gasteiger partial charge in [-0.3, -0.25) is 9.89 Å². The second-order valence-corrected chi connectivity index (χ2v) is 6.55. The third-order valence-electron chi connectivity index (χ3n) is 4.57. The van der Waals surface area contributed by atoms with Crippen LogP contribution in [0.4, 0.5) is 0 Å². The van der Waals surface area contributed by atoms with Crippen LogP contribution in [0.1, 0.15) is 39.0 Å². The van der Waals surface area contributed by atoms with E-state index in [9.17, 15) is 0 Å². The molecule has 0 bridgehead atoms. The Bertz CT molecular complexity index is 489. The Balaban J connectivity index is 2.59. The van der Waals surface area contributed by atoms with E-state index in [1.165, 1.54) is 0 Å². The van der Waals surface area contributed by atoms with Gasteiger partial charge in [0.25, 0.3) is 0 Å². The number of rotatable bonds is 14. The maximum Gasteiger partial charge on any atom is 0.191 e. The summed E-state index contributed by atoms with van der Waals surface area (Å²) in [4.78, 5) is 9.49. The normalized spacial score (nSPS) is 13.4. The van der Waals surface area contributed by atoms with Crippen LogP contribution in [-0.2, 0) is 4.74 Å². The lowest BCUT2D eigenvalue weighted by molar-refractivity contribution is 0.180. The quantitative estimate of drug-likeness (QED) is 0.293. The predicted octanol–water partition coefficient (Wildman–Crippen LogP) is 2.19. The summed E-state index contributed by atoms with van der Waals surface area (Å²) >= 11 is 0.